The molecule has 130 valence electrons. The molecular weight excluding hydrogens is 308 g/mol. The van der Waals surface area contributed by atoms with E-state index in [0.717, 1.165) is 5.56 Å². The summed E-state index contributed by atoms with van der Waals surface area (Å²) < 4.78 is 10.3. The second-order valence-corrected chi connectivity index (χ2v) is 5.86. The summed E-state index contributed by atoms with van der Waals surface area (Å²) in [6, 6.07) is 9.22. The van der Waals surface area contributed by atoms with Crippen molar-refractivity contribution in [2.75, 3.05) is 13.2 Å². The van der Waals surface area contributed by atoms with Gasteiger partial charge in [-0.25, -0.2) is 4.79 Å². The Hall–Kier alpha value is -2.14. The van der Waals surface area contributed by atoms with Crippen molar-refractivity contribution in [1.82, 2.24) is 0 Å². The van der Waals surface area contributed by atoms with Crippen molar-refractivity contribution in [3.8, 4) is 0 Å². The van der Waals surface area contributed by atoms with Gasteiger partial charge in [0.05, 0.1) is 25.2 Å². The number of aliphatic hydroxyl groups excluding tert-OH is 1. The van der Waals surface area contributed by atoms with Crippen molar-refractivity contribution in [2.24, 2.45) is 11.8 Å². The zero-order chi connectivity index (χ0) is 17.7. The van der Waals surface area contributed by atoms with Gasteiger partial charge in [0.25, 0.3) is 0 Å². The number of esters is 2. The maximum atomic E-state index is 12.5. The molecule has 4 atom stereocenters. The summed E-state index contributed by atoms with van der Waals surface area (Å²) in [7, 11) is 0. The van der Waals surface area contributed by atoms with Gasteiger partial charge in [-0.3, -0.25) is 4.79 Å². The molecule has 0 fully saturated rings. The molecule has 0 aliphatic heterocycles. The fraction of sp³-hybridized carbons (Fsp3) is 0.474. The summed E-state index contributed by atoms with van der Waals surface area (Å²) in [6.45, 7) is 5.70. The van der Waals surface area contributed by atoms with Crippen LogP contribution >= 0.6 is 0 Å². The maximum Gasteiger partial charge on any atom is 0.334 e. The lowest BCUT2D eigenvalue weighted by Crippen LogP contribution is -2.43. The third-order valence-corrected chi connectivity index (χ3v) is 4.27. The summed E-state index contributed by atoms with van der Waals surface area (Å²) in [4.78, 5) is 24.9. The van der Waals surface area contributed by atoms with Gasteiger partial charge in [-0.05, 0) is 19.4 Å². The van der Waals surface area contributed by atoms with Crippen LogP contribution in [0.25, 0.3) is 0 Å². The van der Waals surface area contributed by atoms with Gasteiger partial charge in [0.1, 0.15) is 0 Å². The first-order chi connectivity index (χ1) is 11.5. The standard InChI is InChI=1S/C19H24O5/c1-4-23-18(21)14-11-12(3)17(20)16(19(22)24-5-2)15(14)13-9-7-6-8-10-13/h6-12,15-17,20H,4-5H2,1-3H3/t12-,15+,16-,17+/m0/s1. The highest BCUT2D eigenvalue weighted by Gasteiger charge is 2.46. The third-order valence-electron chi connectivity index (χ3n) is 4.27. The fourth-order valence-electron chi connectivity index (χ4n) is 3.17. The zero-order valence-electron chi connectivity index (χ0n) is 14.3. The van der Waals surface area contributed by atoms with Crippen LogP contribution in [-0.4, -0.2) is 36.4 Å². The molecular formula is C19H24O5. The van der Waals surface area contributed by atoms with Crippen LogP contribution in [0.3, 0.4) is 0 Å². The Balaban J connectivity index is 2.53. The molecule has 0 heterocycles. The third kappa shape index (κ3) is 3.67. The van der Waals surface area contributed by atoms with E-state index in [1.54, 1.807) is 26.8 Å². The van der Waals surface area contributed by atoms with E-state index in [4.69, 9.17) is 9.47 Å². The largest absolute Gasteiger partial charge is 0.466 e. The van der Waals surface area contributed by atoms with Crippen LogP contribution in [0.15, 0.2) is 42.0 Å². The quantitative estimate of drug-likeness (QED) is 0.839. The Morgan fingerprint density at radius 2 is 1.71 bits per heavy atom. The van der Waals surface area contributed by atoms with Gasteiger partial charge in [0, 0.05) is 17.4 Å². The summed E-state index contributed by atoms with van der Waals surface area (Å²) in [5.41, 5.74) is 1.18. The van der Waals surface area contributed by atoms with E-state index in [1.807, 2.05) is 30.3 Å². The number of hydrogen-bond acceptors (Lipinski definition) is 5. The van der Waals surface area contributed by atoms with Crippen molar-refractivity contribution in [3.05, 3.63) is 47.5 Å². The number of hydrogen-bond donors (Lipinski definition) is 1. The second kappa shape index (κ2) is 8.11. The summed E-state index contributed by atoms with van der Waals surface area (Å²) >= 11 is 0. The molecule has 1 N–H and O–H groups in total. The van der Waals surface area contributed by atoms with Crippen LogP contribution in [0.2, 0.25) is 0 Å². The van der Waals surface area contributed by atoms with E-state index in [1.165, 1.54) is 0 Å². The minimum absolute atomic E-state index is 0.219. The molecule has 0 aromatic heterocycles. The average Bonchev–Trinajstić information content (AvgIpc) is 2.57. The number of carbonyl (C=O) groups excluding carboxylic acids is 2. The minimum atomic E-state index is -0.924. The predicted octanol–water partition coefficient (Wildman–Crippen LogP) is 2.45. The number of aliphatic hydroxyl groups is 1. The van der Waals surface area contributed by atoms with Gasteiger partial charge < -0.3 is 14.6 Å². The number of ether oxygens (including phenoxy) is 2. The maximum absolute atomic E-state index is 12.5. The van der Waals surface area contributed by atoms with Gasteiger partial charge in [0.2, 0.25) is 0 Å². The van der Waals surface area contributed by atoms with Crippen LogP contribution in [-0.2, 0) is 19.1 Å². The van der Waals surface area contributed by atoms with Gasteiger partial charge in [0.15, 0.2) is 0 Å². The number of carbonyl (C=O) groups is 2. The van der Waals surface area contributed by atoms with Gasteiger partial charge >= 0.3 is 11.9 Å². The topological polar surface area (TPSA) is 72.8 Å². The van der Waals surface area contributed by atoms with E-state index in [0.29, 0.717) is 5.57 Å². The molecule has 1 aliphatic rings. The molecule has 0 bridgehead atoms. The Kier molecular flexibility index (Phi) is 6.15. The predicted molar refractivity (Wildman–Crippen MR) is 89.2 cm³/mol. The van der Waals surface area contributed by atoms with Crippen molar-refractivity contribution >= 4 is 11.9 Å². The van der Waals surface area contributed by atoms with E-state index in [-0.39, 0.29) is 19.1 Å². The molecule has 1 aliphatic carbocycles. The molecule has 1 aromatic carbocycles. The highest BCUT2D eigenvalue weighted by atomic mass is 16.5. The van der Waals surface area contributed by atoms with Gasteiger partial charge in [-0.2, -0.15) is 0 Å². The van der Waals surface area contributed by atoms with Crippen molar-refractivity contribution in [2.45, 2.75) is 32.8 Å². The number of benzene rings is 1. The van der Waals surface area contributed by atoms with Gasteiger partial charge in [-0.15, -0.1) is 0 Å². The smallest absolute Gasteiger partial charge is 0.334 e. The van der Waals surface area contributed by atoms with E-state index in [9.17, 15) is 14.7 Å². The lowest BCUT2D eigenvalue weighted by atomic mass is 9.69. The van der Waals surface area contributed by atoms with Crippen LogP contribution in [0.4, 0.5) is 0 Å². The Morgan fingerprint density at radius 1 is 1.08 bits per heavy atom. The molecule has 2 rings (SSSR count). The molecule has 24 heavy (non-hydrogen) atoms. The van der Waals surface area contributed by atoms with Crippen LogP contribution in [0.1, 0.15) is 32.3 Å². The Bertz CT molecular complexity index is 607. The minimum Gasteiger partial charge on any atom is -0.466 e. The summed E-state index contributed by atoms with van der Waals surface area (Å²) in [5.74, 6) is -2.74. The SMILES string of the molecule is CCOC(=O)C1=C[C@H](C)[C@@H](O)[C@@H](C(=O)OCC)[C@@H]1c1ccccc1. The average molecular weight is 332 g/mol. The Labute approximate surface area is 142 Å². The zero-order valence-corrected chi connectivity index (χ0v) is 14.3. The van der Waals surface area contributed by atoms with Crippen LogP contribution in [0, 0.1) is 11.8 Å². The molecule has 0 spiro atoms. The van der Waals surface area contributed by atoms with E-state index < -0.39 is 29.9 Å². The highest BCUT2D eigenvalue weighted by molar-refractivity contribution is 5.92. The number of rotatable bonds is 5. The molecule has 0 radical (unpaired) electrons. The van der Waals surface area contributed by atoms with Gasteiger partial charge in [-0.1, -0.05) is 43.3 Å². The Morgan fingerprint density at radius 3 is 2.29 bits per heavy atom. The fourth-order valence-corrected chi connectivity index (χ4v) is 3.17. The molecule has 0 saturated heterocycles. The monoisotopic (exact) mass is 332 g/mol. The molecule has 0 saturated carbocycles. The van der Waals surface area contributed by atoms with Crippen molar-refractivity contribution in [1.29, 1.82) is 0 Å². The summed E-state index contributed by atoms with van der Waals surface area (Å²) in [5, 5.41) is 10.6. The lowest BCUT2D eigenvalue weighted by molar-refractivity contribution is -0.154. The molecule has 0 unspecified atom stereocenters. The molecule has 5 nitrogen and oxygen atoms in total. The van der Waals surface area contributed by atoms with Crippen molar-refractivity contribution in [3.63, 3.8) is 0 Å². The first-order valence-corrected chi connectivity index (χ1v) is 8.29. The van der Waals surface area contributed by atoms with E-state index >= 15 is 0 Å². The molecule has 5 heteroatoms. The lowest BCUT2D eigenvalue weighted by Gasteiger charge is -2.37. The first kappa shape index (κ1) is 18.2. The first-order valence-electron chi connectivity index (χ1n) is 8.29. The molecule has 1 aromatic rings. The summed E-state index contributed by atoms with van der Waals surface area (Å²) in [6.07, 6.45) is 0.781. The van der Waals surface area contributed by atoms with Crippen LogP contribution in [0.5, 0.6) is 0 Å². The van der Waals surface area contributed by atoms with Crippen molar-refractivity contribution < 1.29 is 24.2 Å². The van der Waals surface area contributed by atoms with E-state index in [2.05, 4.69) is 0 Å². The molecule has 0 amide bonds. The normalized spacial score (nSPS) is 26.4. The van der Waals surface area contributed by atoms with Crippen LogP contribution < -0.4 is 0 Å². The highest BCUT2D eigenvalue weighted by Crippen LogP contribution is 2.42. The second-order valence-electron chi connectivity index (χ2n) is 5.86.